The first-order chi connectivity index (χ1) is 8.52. The van der Waals surface area contributed by atoms with Gasteiger partial charge >= 0.3 is 5.97 Å². The summed E-state index contributed by atoms with van der Waals surface area (Å²) in [4.78, 5) is 10.6. The molecule has 0 saturated carbocycles. The molecule has 1 rings (SSSR count). The van der Waals surface area contributed by atoms with Crippen LogP contribution in [-0.2, 0) is 16.1 Å². The van der Waals surface area contributed by atoms with E-state index in [0.29, 0.717) is 19.6 Å². The van der Waals surface area contributed by atoms with Crippen LogP contribution in [0.1, 0.15) is 31.7 Å². The number of rotatable bonds is 8. The van der Waals surface area contributed by atoms with Gasteiger partial charge in [-0.2, -0.15) is 0 Å². The van der Waals surface area contributed by atoms with Gasteiger partial charge in [-0.05, 0) is 31.7 Å². The van der Waals surface area contributed by atoms with Crippen LogP contribution >= 0.6 is 0 Å². The van der Waals surface area contributed by atoms with E-state index in [1.54, 1.807) is 0 Å². The molecule has 0 aromatic heterocycles. The Balaban J connectivity index is 2.08. The fraction of sp³-hybridized carbons (Fsp3) is 0.500. The van der Waals surface area contributed by atoms with Gasteiger partial charge in [-0.1, -0.05) is 30.3 Å². The lowest BCUT2D eigenvalue weighted by Gasteiger charge is -2.17. The number of ether oxygens (including phenoxy) is 1. The van der Waals surface area contributed by atoms with Crippen molar-refractivity contribution in [2.75, 3.05) is 6.61 Å². The SMILES string of the molecule is C[C@](O)(CCCCOCc1ccccc1)C(=O)O. The molecule has 0 saturated heterocycles. The van der Waals surface area contributed by atoms with Crippen LogP contribution in [0.5, 0.6) is 0 Å². The van der Waals surface area contributed by atoms with E-state index >= 15 is 0 Å². The lowest BCUT2D eigenvalue weighted by Crippen LogP contribution is -2.34. The zero-order valence-corrected chi connectivity index (χ0v) is 10.6. The summed E-state index contributed by atoms with van der Waals surface area (Å²) >= 11 is 0. The molecular weight excluding hydrogens is 232 g/mol. The fourth-order valence-electron chi connectivity index (χ4n) is 1.54. The molecule has 0 radical (unpaired) electrons. The molecule has 0 aliphatic heterocycles. The van der Waals surface area contributed by atoms with Crippen LogP contribution in [0.2, 0.25) is 0 Å². The molecule has 0 aliphatic rings. The Bertz CT molecular complexity index is 359. The normalized spacial score (nSPS) is 14.1. The number of benzene rings is 1. The Morgan fingerprint density at radius 1 is 1.28 bits per heavy atom. The topological polar surface area (TPSA) is 66.8 Å². The summed E-state index contributed by atoms with van der Waals surface area (Å²) in [6.07, 6.45) is 1.63. The van der Waals surface area contributed by atoms with Gasteiger partial charge in [0, 0.05) is 6.61 Å². The van der Waals surface area contributed by atoms with Crippen LogP contribution in [0, 0.1) is 0 Å². The van der Waals surface area contributed by atoms with Crippen LogP contribution in [-0.4, -0.2) is 28.4 Å². The Morgan fingerprint density at radius 3 is 2.56 bits per heavy atom. The van der Waals surface area contributed by atoms with Gasteiger partial charge < -0.3 is 14.9 Å². The molecule has 0 heterocycles. The first-order valence-corrected chi connectivity index (χ1v) is 6.10. The molecule has 4 heteroatoms. The number of aliphatic hydroxyl groups is 1. The van der Waals surface area contributed by atoms with Gasteiger partial charge in [0.1, 0.15) is 0 Å². The molecule has 18 heavy (non-hydrogen) atoms. The minimum atomic E-state index is -1.63. The average molecular weight is 252 g/mol. The first kappa shape index (κ1) is 14.7. The standard InChI is InChI=1S/C14H20O4/c1-14(17,13(15)16)9-5-6-10-18-11-12-7-3-2-4-8-12/h2-4,7-8,17H,5-6,9-11H2,1H3,(H,15,16)/t14-/m0/s1. The highest BCUT2D eigenvalue weighted by molar-refractivity contribution is 5.76. The molecule has 0 spiro atoms. The van der Waals surface area contributed by atoms with E-state index in [1.165, 1.54) is 6.92 Å². The molecule has 0 unspecified atom stereocenters. The minimum Gasteiger partial charge on any atom is -0.479 e. The van der Waals surface area contributed by atoms with Gasteiger partial charge in [0.05, 0.1) is 6.61 Å². The van der Waals surface area contributed by atoms with Crippen LogP contribution in [0.15, 0.2) is 30.3 Å². The summed E-state index contributed by atoms with van der Waals surface area (Å²) in [6, 6.07) is 9.87. The second-order valence-corrected chi connectivity index (χ2v) is 4.57. The minimum absolute atomic E-state index is 0.247. The lowest BCUT2D eigenvalue weighted by molar-refractivity contribution is -0.157. The maximum atomic E-state index is 10.6. The summed E-state index contributed by atoms with van der Waals surface area (Å²) in [7, 11) is 0. The number of hydrogen-bond acceptors (Lipinski definition) is 3. The Morgan fingerprint density at radius 2 is 1.94 bits per heavy atom. The number of aliphatic carboxylic acids is 1. The molecule has 1 atom stereocenters. The summed E-state index contributed by atoms with van der Waals surface area (Å²) in [6.45, 7) is 2.46. The maximum absolute atomic E-state index is 10.6. The van der Waals surface area contributed by atoms with Crippen molar-refractivity contribution in [1.82, 2.24) is 0 Å². The number of carboxylic acids is 1. The summed E-state index contributed by atoms with van der Waals surface area (Å²) in [5.74, 6) is -1.17. The number of unbranched alkanes of at least 4 members (excludes halogenated alkanes) is 1. The average Bonchev–Trinajstić information content (AvgIpc) is 2.34. The highest BCUT2D eigenvalue weighted by Crippen LogP contribution is 2.13. The predicted molar refractivity (Wildman–Crippen MR) is 68.2 cm³/mol. The van der Waals surface area contributed by atoms with Crippen molar-refractivity contribution < 1.29 is 19.7 Å². The monoisotopic (exact) mass is 252 g/mol. The van der Waals surface area contributed by atoms with E-state index in [2.05, 4.69) is 0 Å². The van der Waals surface area contributed by atoms with Crippen LogP contribution in [0.25, 0.3) is 0 Å². The summed E-state index contributed by atoms with van der Waals surface area (Å²) < 4.78 is 5.47. The van der Waals surface area contributed by atoms with Crippen molar-refractivity contribution in [2.45, 2.75) is 38.4 Å². The zero-order chi connectivity index (χ0) is 13.4. The van der Waals surface area contributed by atoms with Crippen LogP contribution in [0.3, 0.4) is 0 Å². The lowest BCUT2D eigenvalue weighted by atomic mass is 10.00. The van der Waals surface area contributed by atoms with Crippen molar-refractivity contribution in [3.05, 3.63) is 35.9 Å². The zero-order valence-electron chi connectivity index (χ0n) is 10.6. The van der Waals surface area contributed by atoms with Gasteiger partial charge in [-0.25, -0.2) is 4.79 Å². The fourth-order valence-corrected chi connectivity index (χ4v) is 1.54. The van der Waals surface area contributed by atoms with Gasteiger partial charge in [0.2, 0.25) is 0 Å². The van der Waals surface area contributed by atoms with Crippen LogP contribution < -0.4 is 0 Å². The van der Waals surface area contributed by atoms with Crippen molar-refractivity contribution in [1.29, 1.82) is 0 Å². The number of carboxylic acid groups (broad SMARTS) is 1. The third-order valence-electron chi connectivity index (χ3n) is 2.77. The summed E-state index contributed by atoms with van der Waals surface area (Å²) in [5, 5.41) is 18.2. The maximum Gasteiger partial charge on any atom is 0.335 e. The van der Waals surface area contributed by atoms with Crippen molar-refractivity contribution >= 4 is 5.97 Å². The Kier molecular flexibility index (Phi) is 5.82. The third kappa shape index (κ3) is 5.29. The molecule has 0 aliphatic carbocycles. The molecule has 100 valence electrons. The summed E-state index contributed by atoms with van der Waals surface area (Å²) in [5.41, 5.74) is -0.505. The quantitative estimate of drug-likeness (QED) is 0.696. The molecule has 0 amide bonds. The van der Waals surface area contributed by atoms with E-state index in [-0.39, 0.29) is 6.42 Å². The molecule has 1 aromatic rings. The molecule has 4 nitrogen and oxygen atoms in total. The number of carbonyl (C=O) groups is 1. The second-order valence-electron chi connectivity index (χ2n) is 4.57. The molecule has 1 aromatic carbocycles. The third-order valence-corrected chi connectivity index (χ3v) is 2.77. The Labute approximate surface area is 107 Å². The predicted octanol–water partition coefficient (Wildman–Crippen LogP) is 2.21. The van der Waals surface area contributed by atoms with Crippen LogP contribution in [0.4, 0.5) is 0 Å². The number of hydrogen-bond donors (Lipinski definition) is 2. The van der Waals surface area contributed by atoms with Crippen molar-refractivity contribution in [3.63, 3.8) is 0 Å². The highest BCUT2D eigenvalue weighted by Gasteiger charge is 2.28. The van der Waals surface area contributed by atoms with Crippen molar-refractivity contribution in [3.8, 4) is 0 Å². The van der Waals surface area contributed by atoms with E-state index in [9.17, 15) is 9.90 Å². The van der Waals surface area contributed by atoms with Crippen molar-refractivity contribution in [2.24, 2.45) is 0 Å². The second kappa shape index (κ2) is 7.13. The van der Waals surface area contributed by atoms with Gasteiger partial charge in [0.25, 0.3) is 0 Å². The van der Waals surface area contributed by atoms with E-state index in [0.717, 1.165) is 12.0 Å². The first-order valence-electron chi connectivity index (χ1n) is 6.10. The Hall–Kier alpha value is -1.39. The molecule has 0 fully saturated rings. The van der Waals surface area contributed by atoms with Gasteiger partial charge in [-0.15, -0.1) is 0 Å². The van der Waals surface area contributed by atoms with E-state index in [4.69, 9.17) is 9.84 Å². The highest BCUT2D eigenvalue weighted by atomic mass is 16.5. The van der Waals surface area contributed by atoms with Gasteiger partial charge in [-0.3, -0.25) is 0 Å². The molecule has 0 bridgehead atoms. The smallest absolute Gasteiger partial charge is 0.335 e. The molecule has 2 N–H and O–H groups in total. The molecular formula is C14H20O4. The van der Waals surface area contributed by atoms with E-state index < -0.39 is 11.6 Å². The van der Waals surface area contributed by atoms with Gasteiger partial charge in [0.15, 0.2) is 5.60 Å². The van der Waals surface area contributed by atoms with E-state index in [1.807, 2.05) is 30.3 Å². The largest absolute Gasteiger partial charge is 0.479 e.